The fourth-order valence-corrected chi connectivity index (χ4v) is 3.52. The number of nitrogens with zero attached hydrogens (tertiary/aromatic N) is 3. The van der Waals surface area contributed by atoms with Gasteiger partial charge in [0.05, 0.1) is 4.92 Å². The number of carbonyl (C=O) groups excluding carboxylic acids is 1. The Bertz CT molecular complexity index is 527. The summed E-state index contributed by atoms with van der Waals surface area (Å²) in [6, 6.07) is 1.55. The predicted molar refractivity (Wildman–Crippen MR) is 77.1 cm³/mol. The van der Waals surface area contributed by atoms with Gasteiger partial charge in [-0.25, -0.2) is 0 Å². The Morgan fingerprint density at radius 3 is 2.80 bits per heavy atom. The van der Waals surface area contributed by atoms with Gasteiger partial charge in [-0.05, 0) is 24.6 Å². The van der Waals surface area contributed by atoms with Crippen molar-refractivity contribution in [1.82, 2.24) is 4.90 Å². The highest BCUT2D eigenvalue weighted by Gasteiger charge is 2.34. The number of amides is 1. The first-order chi connectivity index (χ1) is 9.66. The molecule has 1 aromatic heterocycles. The van der Waals surface area contributed by atoms with Crippen molar-refractivity contribution < 1.29 is 9.72 Å². The Morgan fingerprint density at radius 1 is 1.30 bits per heavy atom. The first-order valence-corrected chi connectivity index (χ1v) is 7.80. The molecule has 20 heavy (non-hydrogen) atoms. The van der Waals surface area contributed by atoms with E-state index < -0.39 is 0 Å². The van der Waals surface area contributed by atoms with Crippen molar-refractivity contribution in [2.75, 3.05) is 31.1 Å². The average Bonchev–Trinajstić information content (AvgIpc) is 3.20. The van der Waals surface area contributed by atoms with Gasteiger partial charge < -0.3 is 9.80 Å². The summed E-state index contributed by atoms with van der Waals surface area (Å²) in [7, 11) is 0. The maximum Gasteiger partial charge on any atom is 0.303 e. The van der Waals surface area contributed by atoms with E-state index in [-0.39, 0.29) is 22.4 Å². The van der Waals surface area contributed by atoms with Crippen LogP contribution in [0.15, 0.2) is 11.4 Å². The molecule has 1 aliphatic heterocycles. The summed E-state index contributed by atoms with van der Waals surface area (Å²) in [5.74, 6) is 0.519. The van der Waals surface area contributed by atoms with Gasteiger partial charge in [-0.15, -0.1) is 11.3 Å². The van der Waals surface area contributed by atoms with E-state index in [1.54, 1.807) is 11.4 Å². The summed E-state index contributed by atoms with van der Waals surface area (Å²) < 4.78 is 0. The van der Waals surface area contributed by atoms with Crippen molar-refractivity contribution in [3.05, 3.63) is 21.6 Å². The minimum Gasteiger partial charge on any atom is -0.356 e. The maximum atomic E-state index is 12.1. The predicted octanol–water partition coefficient (Wildman–Crippen LogP) is 2.10. The molecule has 7 heteroatoms. The number of nitro groups is 1. The summed E-state index contributed by atoms with van der Waals surface area (Å²) in [5.41, 5.74) is 0.178. The van der Waals surface area contributed by atoms with Gasteiger partial charge in [-0.1, -0.05) is 0 Å². The number of hydrogen-bond donors (Lipinski definition) is 0. The van der Waals surface area contributed by atoms with E-state index in [0.29, 0.717) is 13.1 Å². The van der Waals surface area contributed by atoms with Crippen LogP contribution in [0.1, 0.15) is 19.3 Å². The first-order valence-electron chi connectivity index (χ1n) is 6.92. The van der Waals surface area contributed by atoms with Gasteiger partial charge in [0.25, 0.3) is 0 Å². The lowest BCUT2D eigenvalue weighted by molar-refractivity contribution is -0.383. The molecule has 0 unspecified atom stereocenters. The van der Waals surface area contributed by atoms with Crippen LogP contribution in [-0.2, 0) is 4.79 Å². The van der Waals surface area contributed by atoms with Gasteiger partial charge in [0.15, 0.2) is 5.00 Å². The Kier molecular flexibility index (Phi) is 3.60. The second kappa shape index (κ2) is 5.40. The summed E-state index contributed by atoms with van der Waals surface area (Å²) in [4.78, 5) is 26.7. The molecule has 2 aliphatic rings. The summed E-state index contributed by atoms with van der Waals surface area (Å²) in [6.45, 7) is 2.89. The van der Waals surface area contributed by atoms with Gasteiger partial charge in [0, 0.05) is 38.2 Å². The van der Waals surface area contributed by atoms with E-state index in [0.717, 1.165) is 37.4 Å². The quantitative estimate of drug-likeness (QED) is 0.632. The minimum atomic E-state index is -0.330. The maximum absolute atomic E-state index is 12.1. The Labute approximate surface area is 121 Å². The summed E-state index contributed by atoms with van der Waals surface area (Å²) in [6.07, 6.45) is 2.92. The second-order valence-electron chi connectivity index (χ2n) is 5.31. The molecular weight excluding hydrogens is 278 g/mol. The van der Waals surface area contributed by atoms with Crippen LogP contribution in [0, 0.1) is 16.0 Å². The van der Waals surface area contributed by atoms with Crippen molar-refractivity contribution in [3.8, 4) is 0 Å². The first kappa shape index (κ1) is 13.4. The smallest absolute Gasteiger partial charge is 0.303 e. The number of carbonyl (C=O) groups is 1. The van der Waals surface area contributed by atoms with Gasteiger partial charge in [0.2, 0.25) is 5.91 Å². The van der Waals surface area contributed by atoms with Crippen LogP contribution in [0.2, 0.25) is 0 Å². The number of hydrogen-bond acceptors (Lipinski definition) is 5. The van der Waals surface area contributed by atoms with E-state index in [1.807, 2.05) is 9.80 Å². The molecule has 0 radical (unpaired) electrons. The summed E-state index contributed by atoms with van der Waals surface area (Å²) in [5, 5.41) is 13.5. The zero-order valence-corrected chi connectivity index (χ0v) is 12.0. The van der Waals surface area contributed by atoms with E-state index >= 15 is 0 Å². The molecule has 108 valence electrons. The molecule has 2 heterocycles. The average molecular weight is 295 g/mol. The lowest BCUT2D eigenvalue weighted by atomic mass is 10.3. The molecule has 1 saturated carbocycles. The van der Waals surface area contributed by atoms with Crippen molar-refractivity contribution >= 4 is 27.9 Å². The van der Waals surface area contributed by atoms with Crippen LogP contribution in [-0.4, -0.2) is 41.9 Å². The van der Waals surface area contributed by atoms with Crippen LogP contribution in [0.4, 0.5) is 10.7 Å². The molecule has 3 rings (SSSR count). The molecule has 2 fully saturated rings. The molecule has 1 aliphatic carbocycles. The molecule has 0 bridgehead atoms. The highest BCUT2D eigenvalue weighted by molar-refractivity contribution is 7.14. The second-order valence-corrected chi connectivity index (χ2v) is 6.20. The fraction of sp³-hybridized carbons (Fsp3) is 0.615. The summed E-state index contributed by atoms with van der Waals surface area (Å²) >= 11 is 1.40. The SMILES string of the molecule is O=C(C1CC1)N1CCCN(c2sccc2[N+](=O)[O-])CC1. The highest BCUT2D eigenvalue weighted by Crippen LogP contribution is 2.35. The van der Waals surface area contributed by atoms with Crippen molar-refractivity contribution in [3.63, 3.8) is 0 Å². The fourth-order valence-electron chi connectivity index (χ4n) is 2.60. The van der Waals surface area contributed by atoms with E-state index in [4.69, 9.17) is 0 Å². The van der Waals surface area contributed by atoms with Gasteiger partial charge in [-0.3, -0.25) is 14.9 Å². The number of anilines is 1. The Hall–Kier alpha value is -1.63. The Morgan fingerprint density at radius 2 is 2.10 bits per heavy atom. The largest absolute Gasteiger partial charge is 0.356 e. The van der Waals surface area contributed by atoms with Crippen LogP contribution in [0.3, 0.4) is 0 Å². The van der Waals surface area contributed by atoms with Crippen molar-refractivity contribution in [2.24, 2.45) is 5.92 Å². The topological polar surface area (TPSA) is 66.7 Å². The molecule has 6 nitrogen and oxygen atoms in total. The van der Waals surface area contributed by atoms with Gasteiger partial charge >= 0.3 is 5.69 Å². The highest BCUT2D eigenvalue weighted by atomic mass is 32.1. The van der Waals surface area contributed by atoms with E-state index in [9.17, 15) is 14.9 Å². The molecule has 0 atom stereocenters. The third-order valence-corrected chi connectivity index (χ3v) is 4.81. The number of thiophene rings is 1. The van der Waals surface area contributed by atoms with E-state index in [2.05, 4.69) is 0 Å². The van der Waals surface area contributed by atoms with Gasteiger partial charge in [0.1, 0.15) is 0 Å². The standard InChI is InChI=1S/C13H17N3O3S/c17-12(10-2-3-10)14-5-1-6-15(8-7-14)13-11(16(18)19)4-9-20-13/h4,9-10H,1-3,5-8H2. The minimum absolute atomic E-state index is 0.178. The lowest BCUT2D eigenvalue weighted by Gasteiger charge is -2.22. The molecular formula is C13H17N3O3S. The molecule has 1 amide bonds. The molecule has 1 saturated heterocycles. The van der Waals surface area contributed by atoms with Crippen LogP contribution >= 0.6 is 11.3 Å². The van der Waals surface area contributed by atoms with Crippen molar-refractivity contribution in [1.29, 1.82) is 0 Å². The van der Waals surface area contributed by atoms with Crippen molar-refractivity contribution in [2.45, 2.75) is 19.3 Å². The molecule has 0 aromatic carbocycles. The third-order valence-electron chi connectivity index (χ3n) is 3.84. The lowest BCUT2D eigenvalue weighted by Crippen LogP contribution is -2.36. The molecule has 1 aromatic rings. The van der Waals surface area contributed by atoms with Gasteiger partial charge in [-0.2, -0.15) is 0 Å². The van der Waals surface area contributed by atoms with Crippen LogP contribution in [0.5, 0.6) is 0 Å². The zero-order chi connectivity index (χ0) is 14.1. The number of rotatable bonds is 3. The normalized spacial score (nSPS) is 19.8. The monoisotopic (exact) mass is 295 g/mol. The van der Waals surface area contributed by atoms with Crippen LogP contribution in [0.25, 0.3) is 0 Å². The van der Waals surface area contributed by atoms with Crippen LogP contribution < -0.4 is 4.90 Å². The molecule has 0 spiro atoms. The molecule has 0 N–H and O–H groups in total. The third kappa shape index (κ3) is 2.63. The van der Waals surface area contributed by atoms with E-state index in [1.165, 1.54) is 11.3 Å². The Balaban J connectivity index is 1.69. The zero-order valence-electron chi connectivity index (χ0n) is 11.2.